The molecule has 0 saturated carbocycles. The fraction of sp³-hybridized carbons (Fsp3) is 0.480. The van der Waals surface area contributed by atoms with E-state index < -0.39 is 0 Å². The van der Waals surface area contributed by atoms with Crippen molar-refractivity contribution >= 4 is 5.91 Å². The van der Waals surface area contributed by atoms with E-state index >= 15 is 0 Å². The predicted molar refractivity (Wildman–Crippen MR) is 117 cm³/mol. The Hall–Kier alpha value is -2.17. The molecule has 2 fully saturated rings. The molecule has 2 saturated heterocycles. The standard InChI is InChI=1S/C25H32N2O2/c1-29-18-13-24(28)26-16-5-14-25(20-26)15-6-17-27(25)19-21-9-11-23(12-10-21)22-7-3-2-4-8-22/h2-4,7-12H,5-6,13-20H2,1H3. The van der Waals surface area contributed by atoms with Gasteiger partial charge in [0.05, 0.1) is 13.0 Å². The van der Waals surface area contributed by atoms with Crippen molar-refractivity contribution in [1.29, 1.82) is 0 Å². The zero-order chi connectivity index (χ0) is 20.1. The summed E-state index contributed by atoms with van der Waals surface area (Å²) in [7, 11) is 1.66. The maximum atomic E-state index is 12.6. The highest BCUT2D eigenvalue weighted by Crippen LogP contribution is 2.38. The normalized spacial score (nSPS) is 22.3. The average Bonchev–Trinajstić information content (AvgIpc) is 3.14. The molecular formula is C25H32N2O2. The fourth-order valence-corrected chi connectivity index (χ4v) is 5.03. The maximum absolute atomic E-state index is 12.6. The number of amides is 1. The first kappa shape index (κ1) is 20.1. The minimum absolute atomic E-state index is 0.152. The molecule has 2 heterocycles. The Bertz CT molecular complexity index is 805. The highest BCUT2D eigenvalue weighted by molar-refractivity contribution is 5.76. The van der Waals surface area contributed by atoms with Crippen LogP contribution in [0.2, 0.25) is 0 Å². The van der Waals surface area contributed by atoms with Crippen LogP contribution in [0.4, 0.5) is 0 Å². The minimum atomic E-state index is 0.152. The van der Waals surface area contributed by atoms with Crippen LogP contribution in [0.3, 0.4) is 0 Å². The number of carbonyl (C=O) groups excluding carboxylic acids is 1. The average molecular weight is 393 g/mol. The molecule has 2 aliphatic heterocycles. The third-order valence-electron chi connectivity index (χ3n) is 6.60. The van der Waals surface area contributed by atoms with E-state index in [2.05, 4.69) is 64.4 Å². The van der Waals surface area contributed by atoms with Crippen molar-refractivity contribution in [2.45, 2.75) is 44.2 Å². The van der Waals surface area contributed by atoms with Crippen molar-refractivity contribution in [1.82, 2.24) is 9.80 Å². The lowest BCUT2D eigenvalue weighted by Crippen LogP contribution is -2.56. The van der Waals surface area contributed by atoms with E-state index in [1.165, 1.54) is 36.0 Å². The van der Waals surface area contributed by atoms with E-state index in [9.17, 15) is 4.79 Å². The van der Waals surface area contributed by atoms with Crippen LogP contribution in [0.1, 0.15) is 37.7 Å². The molecule has 1 amide bonds. The number of likely N-dealkylation sites (tertiary alicyclic amines) is 2. The lowest BCUT2D eigenvalue weighted by Gasteiger charge is -2.46. The highest BCUT2D eigenvalue weighted by atomic mass is 16.5. The Balaban J connectivity index is 1.43. The lowest BCUT2D eigenvalue weighted by atomic mass is 9.86. The Morgan fingerprint density at radius 2 is 1.66 bits per heavy atom. The van der Waals surface area contributed by atoms with Crippen LogP contribution in [0, 0.1) is 0 Å². The largest absolute Gasteiger partial charge is 0.384 e. The van der Waals surface area contributed by atoms with Crippen LogP contribution in [0.25, 0.3) is 11.1 Å². The molecule has 0 aliphatic carbocycles. The minimum Gasteiger partial charge on any atom is -0.384 e. The van der Waals surface area contributed by atoms with Gasteiger partial charge in [0, 0.05) is 32.3 Å². The van der Waals surface area contributed by atoms with Gasteiger partial charge in [0.15, 0.2) is 0 Å². The van der Waals surface area contributed by atoms with Crippen molar-refractivity contribution in [3.05, 3.63) is 60.2 Å². The van der Waals surface area contributed by atoms with E-state index in [-0.39, 0.29) is 11.4 Å². The summed E-state index contributed by atoms with van der Waals surface area (Å²) in [6, 6.07) is 19.5. The van der Waals surface area contributed by atoms with E-state index in [0.717, 1.165) is 32.6 Å². The van der Waals surface area contributed by atoms with Gasteiger partial charge in [-0.15, -0.1) is 0 Å². The topological polar surface area (TPSA) is 32.8 Å². The summed E-state index contributed by atoms with van der Waals surface area (Å²) >= 11 is 0. The van der Waals surface area contributed by atoms with Crippen LogP contribution in [-0.2, 0) is 16.1 Å². The zero-order valence-electron chi connectivity index (χ0n) is 17.5. The molecular weight excluding hydrogens is 360 g/mol. The number of carbonyl (C=O) groups is 1. The van der Waals surface area contributed by atoms with Crippen LogP contribution < -0.4 is 0 Å². The van der Waals surface area contributed by atoms with Gasteiger partial charge in [-0.05, 0) is 48.9 Å². The molecule has 29 heavy (non-hydrogen) atoms. The molecule has 2 aromatic rings. The quantitative estimate of drug-likeness (QED) is 0.733. The fourth-order valence-electron chi connectivity index (χ4n) is 5.03. The first-order valence-corrected chi connectivity index (χ1v) is 10.9. The third kappa shape index (κ3) is 4.54. The second-order valence-corrected chi connectivity index (χ2v) is 8.47. The van der Waals surface area contributed by atoms with E-state index in [1.807, 2.05) is 0 Å². The second-order valence-electron chi connectivity index (χ2n) is 8.47. The number of hydrogen-bond acceptors (Lipinski definition) is 3. The van der Waals surface area contributed by atoms with E-state index in [1.54, 1.807) is 7.11 Å². The van der Waals surface area contributed by atoms with Gasteiger partial charge in [-0.1, -0.05) is 54.6 Å². The molecule has 154 valence electrons. The molecule has 1 unspecified atom stereocenters. The van der Waals surface area contributed by atoms with Crippen molar-refractivity contribution in [3.63, 3.8) is 0 Å². The van der Waals surface area contributed by atoms with Crippen LogP contribution in [0.5, 0.6) is 0 Å². The van der Waals surface area contributed by atoms with Gasteiger partial charge in [0.1, 0.15) is 0 Å². The molecule has 0 radical (unpaired) electrons. The summed E-state index contributed by atoms with van der Waals surface area (Å²) in [5.41, 5.74) is 4.03. The Kier molecular flexibility index (Phi) is 6.31. The molecule has 1 spiro atoms. The number of rotatable bonds is 6. The number of hydrogen-bond donors (Lipinski definition) is 0. The lowest BCUT2D eigenvalue weighted by molar-refractivity contribution is -0.136. The van der Waals surface area contributed by atoms with Gasteiger partial charge in [0.25, 0.3) is 0 Å². The first-order valence-electron chi connectivity index (χ1n) is 10.9. The summed E-state index contributed by atoms with van der Waals surface area (Å²) in [5.74, 6) is 0.241. The van der Waals surface area contributed by atoms with Crippen molar-refractivity contribution < 1.29 is 9.53 Å². The number of benzene rings is 2. The van der Waals surface area contributed by atoms with Gasteiger partial charge in [-0.3, -0.25) is 9.69 Å². The Labute approximate surface area is 174 Å². The number of piperidine rings is 1. The first-order chi connectivity index (χ1) is 14.2. The monoisotopic (exact) mass is 392 g/mol. The second kappa shape index (κ2) is 9.10. The SMILES string of the molecule is COCCC(=O)N1CCCC2(CCCN2Cc2ccc(-c3ccccc3)cc2)C1. The smallest absolute Gasteiger partial charge is 0.224 e. The molecule has 0 aromatic heterocycles. The molecule has 4 heteroatoms. The van der Waals surface area contributed by atoms with Crippen molar-refractivity contribution in [3.8, 4) is 11.1 Å². The van der Waals surface area contributed by atoms with Crippen LogP contribution in [-0.4, -0.2) is 54.6 Å². The maximum Gasteiger partial charge on any atom is 0.224 e. The van der Waals surface area contributed by atoms with Gasteiger partial charge < -0.3 is 9.64 Å². The molecule has 2 aliphatic rings. The van der Waals surface area contributed by atoms with Gasteiger partial charge in [0.2, 0.25) is 5.91 Å². The molecule has 0 N–H and O–H groups in total. The van der Waals surface area contributed by atoms with Crippen molar-refractivity contribution in [2.24, 2.45) is 0 Å². The summed E-state index contributed by atoms with van der Waals surface area (Å²) < 4.78 is 5.10. The molecule has 0 bridgehead atoms. The summed E-state index contributed by atoms with van der Waals surface area (Å²) in [4.78, 5) is 17.3. The summed E-state index contributed by atoms with van der Waals surface area (Å²) in [5, 5.41) is 0. The zero-order valence-corrected chi connectivity index (χ0v) is 17.5. The van der Waals surface area contributed by atoms with Gasteiger partial charge in [-0.2, -0.15) is 0 Å². The van der Waals surface area contributed by atoms with Gasteiger partial charge >= 0.3 is 0 Å². The summed E-state index contributed by atoms with van der Waals surface area (Å²) in [6.07, 6.45) is 5.21. The van der Waals surface area contributed by atoms with Crippen LogP contribution in [0.15, 0.2) is 54.6 Å². The predicted octanol–water partition coefficient (Wildman–Crippen LogP) is 4.35. The van der Waals surface area contributed by atoms with E-state index in [4.69, 9.17) is 4.74 Å². The molecule has 4 rings (SSSR count). The van der Waals surface area contributed by atoms with Gasteiger partial charge in [-0.25, -0.2) is 0 Å². The Morgan fingerprint density at radius 3 is 2.38 bits per heavy atom. The molecule has 4 nitrogen and oxygen atoms in total. The number of methoxy groups -OCH3 is 1. The number of ether oxygens (including phenoxy) is 1. The summed E-state index contributed by atoms with van der Waals surface area (Å²) in [6.45, 7) is 4.37. The van der Waals surface area contributed by atoms with E-state index in [0.29, 0.717) is 13.0 Å². The van der Waals surface area contributed by atoms with Crippen molar-refractivity contribution in [2.75, 3.05) is 33.4 Å². The Morgan fingerprint density at radius 1 is 0.966 bits per heavy atom. The number of nitrogens with zero attached hydrogens (tertiary/aromatic N) is 2. The molecule has 2 aromatic carbocycles. The third-order valence-corrected chi connectivity index (χ3v) is 6.60. The molecule has 1 atom stereocenters. The van der Waals surface area contributed by atoms with Crippen LogP contribution >= 0.6 is 0 Å². The highest BCUT2D eigenvalue weighted by Gasteiger charge is 2.44.